The summed E-state index contributed by atoms with van der Waals surface area (Å²) in [6.07, 6.45) is 9.39. The Morgan fingerprint density at radius 3 is 2.28 bits per heavy atom. The topological polar surface area (TPSA) is 130 Å². The highest BCUT2D eigenvalue weighted by Gasteiger charge is 2.70. The lowest BCUT2D eigenvalue weighted by Crippen LogP contribution is -2.66. The Morgan fingerprint density at radius 2 is 1.63 bits per heavy atom. The standard InChI is InChI=1S/C35H53NO7/c1-30(2)21(28(40)36-20-26(39)43-17-16-37)8-10-33(5)25(30)9-11-35(7)27(33)24(38)18-22-23-19-32(4,29(41)42)13-12-31(23,3)14-15-34(22,35)6/h18,21,23,25,27,37H,8-17,19-20H2,1-7H3,(H,36,40)(H,41,42)/t21-,23+,25+,27-,31-,32+,33+,34-,35-/m1/s1. The van der Waals surface area contributed by atoms with Crippen molar-refractivity contribution in [1.29, 1.82) is 0 Å². The number of aliphatic hydroxyl groups excluding tert-OH is 1. The molecule has 0 aromatic rings. The molecular weight excluding hydrogens is 546 g/mol. The zero-order valence-electron chi connectivity index (χ0n) is 27.3. The first kappa shape index (κ1) is 32.2. The van der Waals surface area contributed by atoms with Crippen LogP contribution in [0.4, 0.5) is 0 Å². The third-order valence-electron chi connectivity index (χ3n) is 14.2. The Morgan fingerprint density at radius 1 is 0.953 bits per heavy atom. The predicted molar refractivity (Wildman–Crippen MR) is 162 cm³/mol. The summed E-state index contributed by atoms with van der Waals surface area (Å²) in [6, 6.07) is 0. The molecular formula is C35H53NO7. The molecule has 0 radical (unpaired) electrons. The molecule has 9 atom stereocenters. The molecule has 43 heavy (non-hydrogen) atoms. The van der Waals surface area contributed by atoms with Crippen molar-refractivity contribution >= 4 is 23.6 Å². The summed E-state index contributed by atoms with van der Waals surface area (Å²) in [4.78, 5) is 52.2. The summed E-state index contributed by atoms with van der Waals surface area (Å²) in [5.41, 5.74) is -0.642. The van der Waals surface area contributed by atoms with Crippen LogP contribution in [0.3, 0.4) is 0 Å². The number of carboxylic acids is 1. The van der Waals surface area contributed by atoms with E-state index < -0.39 is 17.4 Å². The van der Waals surface area contributed by atoms with Gasteiger partial charge in [-0.15, -0.1) is 0 Å². The maximum atomic E-state index is 14.5. The van der Waals surface area contributed by atoms with Gasteiger partial charge in [0, 0.05) is 11.8 Å². The number of ketones is 1. The van der Waals surface area contributed by atoms with Gasteiger partial charge in [-0.25, -0.2) is 0 Å². The van der Waals surface area contributed by atoms with Crippen LogP contribution in [0.15, 0.2) is 11.6 Å². The number of aliphatic carboxylic acids is 1. The van der Waals surface area contributed by atoms with Crippen LogP contribution < -0.4 is 5.32 Å². The van der Waals surface area contributed by atoms with Crippen LogP contribution in [0.1, 0.15) is 106 Å². The second-order valence-electron chi connectivity index (χ2n) is 16.6. The highest BCUT2D eigenvalue weighted by Crippen LogP contribution is 2.75. The Hall–Kier alpha value is -2.22. The van der Waals surface area contributed by atoms with Gasteiger partial charge in [-0.2, -0.15) is 0 Å². The molecule has 1 amide bonds. The minimum absolute atomic E-state index is 0.0167. The van der Waals surface area contributed by atoms with E-state index in [0.717, 1.165) is 38.5 Å². The largest absolute Gasteiger partial charge is 0.481 e. The van der Waals surface area contributed by atoms with Crippen LogP contribution >= 0.6 is 0 Å². The van der Waals surface area contributed by atoms with E-state index in [2.05, 4.69) is 46.9 Å². The summed E-state index contributed by atoms with van der Waals surface area (Å²) < 4.78 is 4.90. The van der Waals surface area contributed by atoms with Crippen molar-refractivity contribution in [3.63, 3.8) is 0 Å². The summed E-state index contributed by atoms with van der Waals surface area (Å²) in [5, 5.41) is 21.8. The van der Waals surface area contributed by atoms with Gasteiger partial charge in [0.15, 0.2) is 5.78 Å². The zero-order chi connectivity index (χ0) is 31.8. The summed E-state index contributed by atoms with van der Waals surface area (Å²) >= 11 is 0. The zero-order valence-corrected chi connectivity index (χ0v) is 27.3. The second-order valence-corrected chi connectivity index (χ2v) is 16.6. The maximum absolute atomic E-state index is 14.5. The van der Waals surface area contributed by atoms with Crippen molar-refractivity contribution in [3.8, 4) is 0 Å². The lowest BCUT2D eigenvalue weighted by Gasteiger charge is -2.70. The third-order valence-corrected chi connectivity index (χ3v) is 14.2. The van der Waals surface area contributed by atoms with Gasteiger partial charge >= 0.3 is 11.9 Å². The Labute approximate surface area is 256 Å². The molecule has 5 aliphatic carbocycles. The number of carbonyl (C=O) groups is 4. The number of carboxylic acid groups (broad SMARTS) is 1. The molecule has 0 saturated heterocycles. The van der Waals surface area contributed by atoms with Gasteiger partial charge in [0.1, 0.15) is 13.2 Å². The molecule has 5 aliphatic rings. The van der Waals surface area contributed by atoms with Crippen molar-refractivity contribution < 1.29 is 34.1 Å². The van der Waals surface area contributed by atoms with E-state index in [-0.39, 0.29) is 82.2 Å². The number of hydrogen-bond donors (Lipinski definition) is 3. The summed E-state index contributed by atoms with van der Waals surface area (Å²) in [5.74, 6) is -1.46. The number of amides is 1. The smallest absolute Gasteiger partial charge is 0.325 e. The molecule has 0 aliphatic heterocycles. The number of allylic oxidation sites excluding steroid dienone is 2. The fourth-order valence-corrected chi connectivity index (χ4v) is 11.3. The van der Waals surface area contributed by atoms with E-state index in [4.69, 9.17) is 9.84 Å². The van der Waals surface area contributed by atoms with E-state index in [1.165, 1.54) is 5.57 Å². The summed E-state index contributed by atoms with van der Waals surface area (Å²) in [7, 11) is 0. The van der Waals surface area contributed by atoms with Gasteiger partial charge in [0.2, 0.25) is 5.91 Å². The van der Waals surface area contributed by atoms with E-state index in [1.807, 2.05) is 13.0 Å². The minimum Gasteiger partial charge on any atom is -0.481 e. The molecule has 0 heterocycles. The highest BCUT2D eigenvalue weighted by molar-refractivity contribution is 5.96. The van der Waals surface area contributed by atoms with E-state index in [9.17, 15) is 24.3 Å². The number of rotatable bonds is 6. The van der Waals surface area contributed by atoms with Crippen LogP contribution in [-0.2, 0) is 23.9 Å². The number of hydrogen-bond acceptors (Lipinski definition) is 6. The monoisotopic (exact) mass is 599 g/mol. The van der Waals surface area contributed by atoms with E-state index >= 15 is 0 Å². The fourth-order valence-electron chi connectivity index (χ4n) is 11.3. The molecule has 8 heteroatoms. The van der Waals surface area contributed by atoms with Gasteiger partial charge in [0.05, 0.1) is 12.0 Å². The average molecular weight is 600 g/mol. The molecule has 0 aromatic heterocycles. The van der Waals surface area contributed by atoms with Gasteiger partial charge in [0.25, 0.3) is 0 Å². The van der Waals surface area contributed by atoms with E-state index in [1.54, 1.807) is 0 Å². The third kappa shape index (κ3) is 4.63. The first-order valence-corrected chi connectivity index (χ1v) is 16.4. The fraction of sp³-hybridized carbons (Fsp3) is 0.829. The molecule has 0 aromatic carbocycles. The molecule has 0 unspecified atom stereocenters. The van der Waals surface area contributed by atoms with Gasteiger partial charge < -0.3 is 20.3 Å². The lowest BCUT2D eigenvalue weighted by molar-refractivity contribution is -0.194. The minimum atomic E-state index is -0.772. The lowest BCUT2D eigenvalue weighted by atomic mass is 9.33. The Bertz CT molecular complexity index is 1240. The molecule has 8 nitrogen and oxygen atoms in total. The van der Waals surface area contributed by atoms with Crippen molar-refractivity contribution in [2.45, 2.75) is 106 Å². The number of esters is 1. The maximum Gasteiger partial charge on any atom is 0.325 e. The van der Waals surface area contributed by atoms with Gasteiger partial charge in [-0.05, 0) is 110 Å². The first-order chi connectivity index (χ1) is 19.9. The highest BCUT2D eigenvalue weighted by atomic mass is 16.5. The van der Waals surface area contributed by atoms with Crippen LogP contribution in [-0.4, -0.2) is 53.6 Å². The quantitative estimate of drug-likeness (QED) is 0.352. The van der Waals surface area contributed by atoms with Gasteiger partial charge in [-0.1, -0.05) is 47.1 Å². The number of fused-ring (bicyclic) bond motifs is 7. The van der Waals surface area contributed by atoms with Crippen molar-refractivity contribution in [2.24, 2.45) is 56.2 Å². The second kappa shape index (κ2) is 10.4. The molecule has 5 rings (SSSR count). The predicted octanol–water partition coefficient (Wildman–Crippen LogP) is 5.32. The van der Waals surface area contributed by atoms with Crippen LogP contribution in [0.25, 0.3) is 0 Å². The SMILES string of the molecule is CC1(C)[C@@H](C(=O)NCC(=O)OCCO)CC[C@]2(C)[C@H]3C(=O)C=C4[C@@H]5C[C@@](C)(C(=O)O)CC[C@]5(C)CC[C@@]4(C)[C@]3(C)CC[C@@H]12. The van der Waals surface area contributed by atoms with Gasteiger partial charge in [-0.3, -0.25) is 19.2 Å². The van der Waals surface area contributed by atoms with Crippen LogP contribution in [0.5, 0.6) is 0 Å². The van der Waals surface area contributed by atoms with E-state index in [0.29, 0.717) is 19.3 Å². The number of aliphatic hydroxyl groups is 1. The molecule has 4 fully saturated rings. The number of nitrogens with one attached hydrogen (secondary N) is 1. The van der Waals surface area contributed by atoms with Crippen molar-refractivity contribution in [1.82, 2.24) is 5.32 Å². The van der Waals surface area contributed by atoms with Crippen molar-refractivity contribution in [3.05, 3.63) is 11.6 Å². The first-order valence-electron chi connectivity index (χ1n) is 16.4. The molecule has 0 bridgehead atoms. The molecule has 240 valence electrons. The Balaban J connectivity index is 1.45. The van der Waals surface area contributed by atoms with Crippen LogP contribution in [0, 0.1) is 56.2 Å². The Kier molecular flexibility index (Phi) is 7.80. The molecule has 3 N–H and O–H groups in total. The number of ether oxygens (including phenoxy) is 1. The normalized spacial score (nSPS) is 44.9. The average Bonchev–Trinajstić information content (AvgIpc) is 2.92. The molecule has 0 spiro atoms. The van der Waals surface area contributed by atoms with Crippen LogP contribution in [0.2, 0.25) is 0 Å². The number of carbonyl (C=O) groups excluding carboxylic acids is 3. The molecule has 4 saturated carbocycles. The summed E-state index contributed by atoms with van der Waals surface area (Å²) in [6.45, 7) is 14.9. The van der Waals surface area contributed by atoms with Crippen molar-refractivity contribution in [2.75, 3.05) is 19.8 Å².